The topological polar surface area (TPSA) is 58.7 Å². The van der Waals surface area contributed by atoms with Crippen LogP contribution >= 0.6 is 0 Å². The average Bonchev–Trinajstić information content (AvgIpc) is 2.05. The molecule has 1 atom stereocenters. The van der Waals surface area contributed by atoms with Gasteiger partial charge in [0.1, 0.15) is 0 Å². The number of rotatable bonds is 2. The van der Waals surface area contributed by atoms with Gasteiger partial charge in [0.25, 0.3) is 0 Å². The van der Waals surface area contributed by atoms with Crippen LogP contribution in [0.2, 0.25) is 0 Å². The van der Waals surface area contributed by atoms with Crippen molar-refractivity contribution in [2.75, 3.05) is 20.2 Å². The fourth-order valence-corrected chi connectivity index (χ4v) is 1.29. The zero-order valence-corrected chi connectivity index (χ0v) is 6.86. The largest absolute Gasteiger partial charge is 0.356 e. The van der Waals surface area contributed by atoms with E-state index in [1.54, 1.807) is 0 Å². The summed E-state index contributed by atoms with van der Waals surface area (Å²) in [5.41, 5.74) is 5.69. The molecule has 0 aromatic heterocycles. The summed E-state index contributed by atoms with van der Waals surface area (Å²) in [5.74, 6) is 0. The fourth-order valence-electron chi connectivity index (χ4n) is 1.29. The lowest BCUT2D eigenvalue weighted by Gasteiger charge is -2.32. The van der Waals surface area contributed by atoms with Crippen molar-refractivity contribution in [2.45, 2.75) is 25.3 Å². The second-order valence-electron chi connectivity index (χ2n) is 2.94. The molecule has 11 heavy (non-hydrogen) atoms. The normalized spacial score (nSPS) is 25.4. The number of piperidine rings is 1. The van der Waals surface area contributed by atoms with E-state index in [2.05, 4.69) is 0 Å². The molecule has 4 nitrogen and oxygen atoms in total. The van der Waals surface area contributed by atoms with Gasteiger partial charge in [0, 0.05) is 26.2 Å². The van der Waals surface area contributed by atoms with Gasteiger partial charge in [0.2, 0.25) is 6.41 Å². The Labute approximate surface area is 66.9 Å². The van der Waals surface area contributed by atoms with Crippen molar-refractivity contribution in [2.24, 2.45) is 5.73 Å². The molecule has 1 saturated heterocycles. The van der Waals surface area contributed by atoms with Crippen molar-refractivity contribution >= 4 is 0 Å². The van der Waals surface area contributed by atoms with E-state index in [1.165, 1.54) is 7.11 Å². The van der Waals surface area contributed by atoms with Crippen LogP contribution < -0.4 is 5.73 Å². The molecule has 0 bridgehead atoms. The highest BCUT2D eigenvalue weighted by molar-refractivity contribution is 4.73. The third kappa shape index (κ3) is 2.41. The second kappa shape index (κ2) is 4.01. The van der Waals surface area contributed by atoms with Crippen LogP contribution in [0.5, 0.6) is 0 Å². The first kappa shape index (κ1) is 8.93. The molecule has 0 radical (unpaired) electrons. The third-order valence-electron chi connectivity index (χ3n) is 2.10. The van der Waals surface area contributed by atoms with Crippen molar-refractivity contribution in [3.8, 4) is 0 Å². The number of nitrogens with two attached hydrogens (primary N) is 1. The van der Waals surface area contributed by atoms with Gasteiger partial charge >= 0.3 is 0 Å². The summed E-state index contributed by atoms with van der Waals surface area (Å²) in [6.45, 7) is 1.66. The maximum atomic E-state index is 9.23. The quantitative estimate of drug-likeness (QED) is 0.526. The molecule has 0 spiro atoms. The number of nitrogens with zero attached hydrogens (tertiary/aromatic N) is 1. The molecule has 1 aliphatic rings. The van der Waals surface area contributed by atoms with Crippen LogP contribution in [0.3, 0.4) is 0 Å². The molecule has 1 heterocycles. The lowest BCUT2D eigenvalue weighted by Crippen LogP contribution is -2.45. The molecule has 0 aromatic rings. The van der Waals surface area contributed by atoms with Gasteiger partial charge < -0.3 is 15.6 Å². The predicted molar refractivity (Wildman–Crippen MR) is 41.8 cm³/mol. The number of ether oxygens (including phenoxy) is 1. The summed E-state index contributed by atoms with van der Waals surface area (Å²) >= 11 is 0. The molecule has 0 aromatic carbocycles. The summed E-state index contributed by atoms with van der Waals surface area (Å²) in [7, 11) is 1.50. The zero-order chi connectivity index (χ0) is 8.27. The van der Waals surface area contributed by atoms with Gasteiger partial charge in [-0.05, 0) is 12.8 Å². The molecule has 3 N–H and O–H groups in total. The minimum absolute atomic E-state index is 0.301. The molecule has 1 unspecified atom stereocenters. The summed E-state index contributed by atoms with van der Waals surface area (Å²) < 4.78 is 4.77. The molecule has 1 aliphatic heterocycles. The maximum Gasteiger partial charge on any atom is 0.215 e. The Morgan fingerprint density at radius 3 is 2.55 bits per heavy atom. The molecule has 4 heteroatoms. The van der Waals surface area contributed by atoms with Crippen LogP contribution in [0.1, 0.15) is 12.8 Å². The highest BCUT2D eigenvalue weighted by Crippen LogP contribution is 2.10. The highest BCUT2D eigenvalue weighted by Gasteiger charge is 2.20. The van der Waals surface area contributed by atoms with E-state index < -0.39 is 6.41 Å². The molecule has 0 aliphatic carbocycles. The minimum atomic E-state index is -0.748. The Bertz CT molecular complexity index is 113. The minimum Gasteiger partial charge on any atom is -0.356 e. The van der Waals surface area contributed by atoms with Gasteiger partial charge in [-0.3, -0.25) is 4.90 Å². The van der Waals surface area contributed by atoms with E-state index in [9.17, 15) is 5.11 Å². The van der Waals surface area contributed by atoms with E-state index in [-0.39, 0.29) is 0 Å². The third-order valence-corrected chi connectivity index (χ3v) is 2.10. The van der Waals surface area contributed by atoms with E-state index >= 15 is 0 Å². The van der Waals surface area contributed by atoms with Crippen LogP contribution in [0.15, 0.2) is 0 Å². The van der Waals surface area contributed by atoms with Crippen LogP contribution in [-0.2, 0) is 4.74 Å². The van der Waals surface area contributed by atoms with Crippen molar-refractivity contribution in [3.05, 3.63) is 0 Å². The second-order valence-corrected chi connectivity index (χ2v) is 2.94. The van der Waals surface area contributed by atoms with Gasteiger partial charge in [0.15, 0.2) is 0 Å². The number of aliphatic hydroxyl groups is 1. The van der Waals surface area contributed by atoms with Gasteiger partial charge in [-0.15, -0.1) is 0 Å². The Balaban J connectivity index is 2.27. The first-order valence-corrected chi connectivity index (χ1v) is 3.94. The van der Waals surface area contributed by atoms with E-state index in [0.29, 0.717) is 6.04 Å². The fraction of sp³-hybridized carbons (Fsp3) is 1.00. The van der Waals surface area contributed by atoms with Gasteiger partial charge in [0.05, 0.1) is 0 Å². The van der Waals surface area contributed by atoms with Crippen molar-refractivity contribution in [3.63, 3.8) is 0 Å². The molecule has 0 saturated carbocycles. The van der Waals surface area contributed by atoms with E-state index in [0.717, 1.165) is 25.9 Å². The van der Waals surface area contributed by atoms with Gasteiger partial charge in [-0.2, -0.15) is 0 Å². The molecule has 1 rings (SSSR count). The number of methoxy groups -OCH3 is 1. The highest BCUT2D eigenvalue weighted by atomic mass is 16.6. The summed E-state index contributed by atoms with van der Waals surface area (Å²) in [6, 6.07) is 0.301. The van der Waals surface area contributed by atoms with Crippen molar-refractivity contribution in [1.82, 2.24) is 4.90 Å². The Hall–Kier alpha value is -0.160. The number of likely N-dealkylation sites (tertiary alicyclic amines) is 1. The molecule has 1 fully saturated rings. The Morgan fingerprint density at radius 1 is 1.55 bits per heavy atom. The van der Waals surface area contributed by atoms with Crippen LogP contribution in [-0.4, -0.2) is 42.7 Å². The van der Waals surface area contributed by atoms with E-state index in [4.69, 9.17) is 10.5 Å². The summed E-state index contributed by atoms with van der Waals surface area (Å²) in [5, 5.41) is 9.23. The Kier molecular flexibility index (Phi) is 3.26. The number of hydrogen-bond donors (Lipinski definition) is 2. The van der Waals surface area contributed by atoms with Crippen molar-refractivity contribution < 1.29 is 9.84 Å². The SMILES string of the molecule is COC(O)N1CCC(N)CC1. The standard InChI is InChI=1S/C7H16N2O2/c1-11-7(10)9-4-2-6(8)3-5-9/h6-7,10H,2-5,8H2,1H3. The maximum absolute atomic E-state index is 9.23. The van der Waals surface area contributed by atoms with Crippen LogP contribution in [0.25, 0.3) is 0 Å². The van der Waals surface area contributed by atoms with Crippen LogP contribution in [0, 0.1) is 0 Å². The molecular weight excluding hydrogens is 144 g/mol. The first-order chi connectivity index (χ1) is 5.24. The zero-order valence-electron chi connectivity index (χ0n) is 6.86. The average molecular weight is 160 g/mol. The summed E-state index contributed by atoms with van der Waals surface area (Å²) in [6.07, 6.45) is 1.14. The summed E-state index contributed by atoms with van der Waals surface area (Å²) in [4.78, 5) is 1.88. The van der Waals surface area contributed by atoms with Crippen molar-refractivity contribution in [1.29, 1.82) is 0 Å². The van der Waals surface area contributed by atoms with Crippen LogP contribution in [0.4, 0.5) is 0 Å². The predicted octanol–water partition coefficient (Wildman–Crippen LogP) is -0.668. The Morgan fingerprint density at radius 2 is 2.09 bits per heavy atom. The lowest BCUT2D eigenvalue weighted by atomic mass is 10.1. The lowest BCUT2D eigenvalue weighted by molar-refractivity contribution is -0.181. The number of hydrogen-bond acceptors (Lipinski definition) is 4. The monoisotopic (exact) mass is 160 g/mol. The molecular formula is C7H16N2O2. The molecule has 0 amide bonds. The first-order valence-electron chi connectivity index (χ1n) is 3.94. The number of aliphatic hydroxyl groups excluding tert-OH is 1. The smallest absolute Gasteiger partial charge is 0.215 e. The van der Waals surface area contributed by atoms with Gasteiger partial charge in [-0.1, -0.05) is 0 Å². The van der Waals surface area contributed by atoms with E-state index in [1.807, 2.05) is 4.90 Å². The molecule has 66 valence electrons. The van der Waals surface area contributed by atoms with Gasteiger partial charge in [-0.25, -0.2) is 0 Å².